The number of rotatable bonds is 8. The standard InChI is InChI=1S/C21H19F2N3O2/c1-14-20(21(26-12-25-14)16-4-8-18(23)9-5-16)19(11-28-13-27)24-10-15-2-6-17(22)7-3-15/h2-9,12-13,19,24H,10-11H2,1H3. The van der Waals surface area contributed by atoms with Crippen molar-refractivity contribution in [1.29, 1.82) is 0 Å². The highest BCUT2D eigenvalue weighted by Gasteiger charge is 2.21. The number of benzene rings is 2. The van der Waals surface area contributed by atoms with Crippen molar-refractivity contribution in [2.45, 2.75) is 19.5 Å². The number of carbonyl (C=O) groups excluding carboxylic acids is 1. The number of hydrogen-bond acceptors (Lipinski definition) is 5. The number of ether oxygens (including phenoxy) is 1. The Morgan fingerprint density at radius 2 is 1.68 bits per heavy atom. The van der Waals surface area contributed by atoms with Gasteiger partial charge in [-0.1, -0.05) is 12.1 Å². The molecule has 0 aliphatic rings. The summed E-state index contributed by atoms with van der Waals surface area (Å²) in [5.41, 5.74) is 3.68. The average molecular weight is 383 g/mol. The van der Waals surface area contributed by atoms with Crippen molar-refractivity contribution < 1.29 is 18.3 Å². The first-order chi connectivity index (χ1) is 13.6. The Bertz CT molecular complexity index is 931. The Morgan fingerprint density at radius 3 is 2.32 bits per heavy atom. The van der Waals surface area contributed by atoms with Crippen molar-refractivity contribution in [2.24, 2.45) is 0 Å². The van der Waals surface area contributed by atoms with Crippen LogP contribution in [0.4, 0.5) is 8.78 Å². The van der Waals surface area contributed by atoms with E-state index in [0.29, 0.717) is 24.4 Å². The molecule has 7 heteroatoms. The zero-order valence-electron chi connectivity index (χ0n) is 15.2. The highest BCUT2D eigenvalue weighted by Crippen LogP contribution is 2.29. The Kier molecular flexibility index (Phi) is 6.39. The molecule has 0 aliphatic heterocycles. The lowest BCUT2D eigenvalue weighted by molar-refractivity contribution is -0.129. The molecule has 0 amide bonds. The van der Waals surface area contributed by atoms with Gasteiger partial charge in [-0.15, -0.1) is 0 Å². The molecule has 0 fully saturated rings. The second kappa shape index (κ2) is 9.14. The Labute approximate surface area is 161 Å². The monoisotopic (exact) mass is 383 g/mol. The van der Waals surface area contributed by atoms with Crippen LogP contribution >= 0.6 is 0 Å². The van der Waals surface area contributed by atoms with Crippen molar-refractivity contribution in [1.82, 2.24) is 15.3 Å². The van der Waals surface area contributed by atoms with Crippen molar-refractivity contribution in [3.05, 3.63) is 83.3 Å². The molecular formula is C21H19F2N3O2. The molecule has 0 radical (unpaired) electrons. The maximum atomic E-state index is 13.3. The molecule has 1 atom stereocenters. The predicted molar refractivity (Wildman–Crippen MR) is 100 cm³/mol. The smallest absolute Gasteiger partial charge is 0.293 e. The molecule has 144 valence electrons. The largest absolute Gasteiger partial charge is 0.466 e. The second-order valence-electron chi connectivity index (χ2n) is 6.22. The normalized spacial score (nSPS) is 11.8. The van der Waals surface area contributed by atoms with E-state index in [-0.39, 0.29) is 18.2 Å². The van der Waals surface area contributed by atoms with Gasteiger partial charge in [0.2, 0.25) is 0 Å². The van der Waals surface area contributed by atoms with Crippen LogP contribution in [0.2, 0.25) is 0 Å². The lowest BCUT2D eigenvalue weighted by atomic mass is 9.98. The van der Waals surface area contributed by atoms with E-state index in [2.05, 4.69) is 15.3 Å². The maximum Gasteiger partial charge on any atom is 0.293 e. The molecule has 1 N–H and O–H groups in total. The third-order valence-corrected chi connectivity index (χ3v) is 4.35. The van der Waals surface area contributed by atoms with Crippen molar-refractivity contribution in [3.63, 3.8) is 0 Å². The van der Waals surface area contributed by atoms with Crippen molar-refractivity contribution >= 4 is 6.47 Å². The van der Waals surface area contributed by atoms with Gasteiger partial charge in [0.25, 0.3) is 6.47 Å². The molecule has 1 unspecified atom stereocenters. The first-order valence-electron chi connectivity index (χ1n) is 8.69. The van der Waals surface area contributed by atoms with Gasteiger partial charge in [0.1, 0.15) is 24.6 Å². The Hall–Kier alpha value is -3.19. The van der Waals surface area contributed by atoms with Gasteiger partial charge in [0.05, 0.1) is 11.7 Å². The summed E-state index contributed by atoms with van der Waals surface area (Å²) in [6.07, 6.45) is 1.44. The van der Waals surface area contributed by atoms with E-state index >= 15 is 0 Å². The van der Waals surface area contributed by atoms with E-state index in [9.17, 15) is 13.6 Å². The van der Waals surface area contributed by atoms with E-state index in [0.717, 1.165) is 16.7 Å². The first-order valence-corrected chi connectivity index (χ1v) is 8.69. The van der Waals surface area contributed by atoms with Gasteiger partial charge in [0.15, 0.2) is 0 Å². The van der Waals surface area contributed by atoms with Gasteiger partial charge < -0.3 is 10.1 Å². The number of aryl methyl sites for hydroxylation is 1. The van der Waals surface area contributed by atoms with Crippen LogP contribution in [0, 0.1) is 18.6 Å². The number of hydrogen-bond donors (Lipinski definition) is 1. The van der Waals surface area contributed by atoms with Gasteiger partial charge in [-0.05, 0) is 48.9 Å². The van der Waals surface area contributed by atoms with Crippen LogP contribution in [0.15, 0.2) is 54.9 Å². The van der Waals surface area contributed by atoms with E-state index in [4.69, 9.17) is 4.74 Å². The maximum absolute atomic E-state index is 13.3. The minimum Gasteiger partial charge on any atom is -0.466 e. The summed E-state index contributed by atoms with van der Waals surface area (Å²) < 4.78 is 31.4. The number of carbonyl (C=O) groups is 1. The van der Waals surface area contributed by atoms with Gasteiger partial charge in [-0.25, -0.2) is 18.7 Å². The summed E-state index contributed by atoms with van der Waals surface area (Å²) in [6.45, 7) is 2.69. The predicted octanol–water partition coefficient (Wildman–Crippen LogP) is 3.73. The van der Waals surface area contributed by atoms with Crippen molar-refractivity contribution in [3.8, 4) is 11.3 Å². The molecule has 0 bridgehead atoms. The summed E-state index contributed by atoms with van der Waals surface area (Å²) in [4.78, 5) is 19.4. The van der Waals surface area contributed by atoms with Gasteiger partial charge in [-0.2, -0.15) is 0 Å². The molecule has 5 nitrogen and oxygen atoms in total. The van der Waals surface area contributed by atoms with Crippen LogP contribution in [-0.4, -0.2) is 23.0 Å². The third kappa shape index (κ3) is 4.75. The lowest BCUT2D eigenvalue weighted by Gasteiger charge is -2.22. The van der Waals surface area contributed by atoms with Gasteiger partial charge >= 0.3 is 0 Å². The van der Waals surface area contributed by atoms with E-state index < -0.39 is 6.04 Å². The minimum atomic E-state index is -0.406. The van der Waals surface area contributed by atoms with Crippen LogP contribution in [0.5, 0.6) is 0 Å². The van der Waals surface area contributed by atoms with Gasteiger partial charge in [-0.3, -0.25) is 4.79 Å². The fraction of sp³-hybridized carbons (Fsp3) is 0.190. The quantitative estimate of drug-likeness (QED) is 0.601. The molecule has 0 saturated carbocycles. The molecule has 0 saturated heterocycles. The van der Waals surface area contributed by atoms with E-state index in [1.807, 2.05) is 6.92 Å². The molecule has 1 aromatic heterocycles. The average Bonchev–Trinajstić information content (AvgIpc) is 2.70. The lowest BCUT2D eigenvalue weighted by Crippen LogP contribution is -2.27. The first kappa shape index (κ1) is 19.6. The highest BCUT2D eigenvalue weighted by molar-refractivity contribution is 5.64. The number of aromatic nitrogens is 2. The molecular weight excluding hydrogens is 364 g/mol. The molecule has 1 heterocycles. The topological polar surface area (TPSA) is 64.1 Å². The van der Waals surface area contributed by atoms with Crippen LogP contribution in [0.25, 0.3) is 11.3 Å². The number of halogens is 2. The van der Waals surface area contributed by atoms with E-state index in [1.165, 1.54) is 30.6 Å². The summed E-state index contributed by atoms with van der Waals surface area (Å²) in [5.74, 6) is -0.651. The number of nitrogens with one attached hydrogen (secondary N) is 1. The van der Waals surface area contributed by atoms with Crippen molar-refractivity contribution in [2.75, 3.05) is 6.61 Å². The summed E-state index contributed by atoms with van der Waals surface area (Å²) in [6, 6.07) is 11.7. The SMILES string of the molecule is Cc1ncnc(-c2ccc(F)cc2)c1C(COC=O)NCc1ccc(F)cc1. The third-order valence-electron chi connectivity index (χ3n) is 4.35. The highest BCUT2D eigenvalue weighted by atomic mass is 19.1. The van der Waals surface area contributed by atoms with Crippen LogP contribution in [0.1, 0.15) is 22.9 Å². The molecule has 2 aromatic carbocycles. The minimum absolute atomic E-state index is 0.0626. The zero-order valence-corrected chi connectivity index (χ0v) is 15.2. The van der Waals surface area contributed by atoms with Crippen LogP contribution in [-0.2, 0) is 16.1 Å². The Balaban J connectivity index is 1.93. The van der Waals surface area contributed by atoms with E-state index in [1.54, 1.807) is 24.3 Å². The second-order valence-corrected chi connectivity index (χ2v) is 6.22. The molecule has 28 heavy (non-hydrogen) atoms. The summed E-state index contributed by atoms with van der Waals surface area (Å²) in [5, 5.41) is 3.31. The van der Waals surface area contributed by atoms with Crippen LogP contribution < -0.4 is 5.32 Å². The fourth-order valence-corrected chi connectivity index (χ4v) is 2.96. The number of nitrogens with zero attached hydrogens (tertiary/aromatic N) is 2. The van der Waals surface area contributed by atoms with Crippen LogP contribution in [0.3, 0.4) is 0 Å². The van der Waals surface area contributed by atoms with Gasteiger partial charge in [0, 0.05) is 23.4 Å². The molecule has 3 rings (SSSR count). The molecule has 0 aliphatic carbocycles. The molecule has 3 aromatic rings. The Morgan fingerprint density at radius 1 is 1.04 bits per heavy atom. The summed E-state index contributed by atoms with van der Waals surface area (Å²) >= 11 is 0. The molecule has 0 spiro atoms. The summed E-state index contributed by atoms with van der Waals surface area (Å²) in [7, 11) is 0. The fourth-order valence-electron chi connectivity index (χ4n) is 2.96. The zero-order chi connectivity index (χ0) is 19.9.